The van der Waals surface area contributed by atoms with Gasteiger partial charge in [0.25, 0.3) is 0 Å². The van der Waals surface area contributed by atoms with Crippen molar-refractivity contribution < 1.29 is 9.59 Å². The predicted octanol–water partition coefficient (Wildman–Crippen LogP) is 0.768. The van der Waals surface area contributed by atoms with E-state index >= 15 is 0 Å². The summed E-state index contributed by atoms with van der Waals surface area (Å²) in [5.74, 6) is 0.585. The molecule has 0 bridgehead atoms. The van der Waals surface area contributed by atoms with Crippen LogP contribution in [0.5, 0.6) is 0 Å². The number of nitrogens with two attached hydrogens (primary N) is 1. The standard InChI is InChI=1S/C16H28N4O2/c17-14(12-5-6-12)10-18-15(21)13-4-3-9-20(11-13)16(22)19-7-1-2-8-19/h12-14H,1-11,17H2,(H,18,21). The van der Waals surface area contributed by atoms with Crippen LogP contribution in [0.4, 0.5) is 4.79 Å². The van der Waals surface area contributed by atoms with Crippen LogP contribution in [0, 0.1) is 11.8 Å². The fraction of sp³-hybridized carbons (Fsp3) is 0.875. The van der Waals surface area contributed by atoms with E-state index in [0.29, 0.717) is 19.0 Å². The van der Waals surface area contributed by atoms with Crippen molar-refractivity contribution in [2.75, 3.05) is 32.7 Å². The quantitative estimate of drug-likeness (QED) is 0.805. The minimum absolute atomic E-state index is 0.0648. The highest BCUT2D eigenvalue weighted by Crippen LogP contribution is 2.31. The van der Waals surface area contributed by atoms with Gasteiger partial charge in [0.1, 0.15) is 0 Å². The van der Waals surface area contributed by atoms with Crippen LogP contribution in [0.2, 0.25) is 0 Å². The second-order valence-corrected chi connectivity index (χ2v) is 7.01. The molecule has 22 heavy (non-hydrogen) atoms. The SMILES string of the molecule is NC(CNC(=O)C1CCCN(C(=O)N2CCCC2)C1)C1CC1. The lowest BCUT2D eigenvalue weighted by molar-refractivity contribution is -0.126. The molecule has 2 heterocycles. The van der Waals surface area contributed by atoms with Crippen LogP contribution in [0.3, 0.4) is 0 Å². The van der Waals surface area contributed by atoms with Crippen molar-refractivity contribution in [3.05, 3.63) is 0 Å². The van der Waals surface area contributed by atoms with Gasteiger partial charge in [-0.05, 0) is 44.4 Å². The fourth-order valence-corrected chi connectivity index (χ4v) is 3.53. The largest absolute Gasteiger partial charge is 0.354 e. The van der Waals surface area contributed by atoms with E-state index in [1.807, 2.05) is 9.80 Å². The number of carbonyl (C=O) groups excluding carboxylic acids is 2. The molecule has 0 aromatic carbocycles. The summed E-state index contributed by atoms with van der Waals surface area (Å²) in [5, 5.41) is 2.99. The van der Waals surface area contributed by atoms with Gasteiger partial charge >= 0.3 is 6.03 Å². The van der Waals surface area contributed by atoms with Crippen molar-refractivity contribution in [3.8, 4) is 0 Å². The molecule has 2 saturated heterocycles. The molecule has 0 aromatic rings. The first-order valence-electron chi connectivity index (χ1n) is 8.72. The number of likely N-dealkylation sites (tertiary alicyclic amines) is 2. The summed E-state index contributed by atoms with van der Waals surface area (Å²) in [4.78, 5) is 28.5. The van der Waals surface area contributed by atoms with Gasteiger partial charge in [-0.2, -0.15) is 0 Å². The fourth-order valence-electron chi connectivity index (χ4n) is 3.53. The minimum Gasteiger partial charge on any atom is -0.354 e. The maximum Gasteiger partial charge on any atom is 0.320 e. The number of carbonyl (C=O) groups is 2. The molecule has 3 fully saturated rings. The van der Waals surface area contributed by atoms with Crippen molar-refractivity contribution in [3.63, 3.8) is 0 Å². The lowest BCUT2D eigenvalue weighted by Gasteiger charge is -2.34. The molecule has 1 saturated carbocycles. The molecule has 0 radical (unpaired) electrons. The summed E-state index contributed by atoms with van der Waals surface area (Å²) in [6.45, 7) is 3.63. The van der Waals surface area contributed by atoms with Gasteiger partial charge in [0.15, 0.2) is 0 Å². The maximum atomic E-state index is 12.4. The van der Waals surface area contributed by atoms with Crippen molar-refractivity contribution in [2.45, 2.75) is 44.6 Å². The number of nitrogens with zero attached hydrogens (tertiary/aromatic N) is 2. The lowest BCUT2D eigenvalue weighted by Crippen LogP contribution is -2.50. The van der Waals surface area contributed by atoms with E-state index in [-0.39, 0.29) is 23.9 Å². The van der Waals surface area contributed by atoms with E-state index in [4.69, 9.17) is 5.73 Å². The molecule has 6 heteroatoms. The van der Waals surface area contributed by atoms with Crippen LogP contribution in [0.1, 0.15) is 38.5 Å². The van der Waals surface area contributed by atoms with E-state index in [9.17, 15) is 9.59 Å². The Kier molecular flexibility index (Phi) is 4.86. The normalized spacial score (nSPS) is 26.9. The van der Waals surface area contributed by atoms with Crippen LogP contribution >= 0.6 is 0 Å². The third kappa shape index (κ3) is 3.72. The van der Waals surface area contributed by atoms with Gasteiger partial charge in [-0.25, -0.2) is 4.79 Å². The first-order valence-corrected chi connectivity index (χ1v) is 8.72. The first-order chi connectivity index (χ1) is 10.6. The van der Waals surface area contributed by atoms with Crippen LogP contribution < -0.4 is 11.1 Å². The Labute approximate surface area is 132 Å². The Bertz CT molecular complexity index is 418. The molecule has 2 aliphatic heterocycles. The number of nitrogens with one attached hydrogen (secondary N) is 1. The average molecular weight is 308 g/mol. The lowest BCUT2D eigenvalue weighted by atomic mass is 9.97. The third-order valence-corrected chi connectivity index (χ3v) is 5.18. The number of hydrogen-bond donors (Lipinski definition) is 2. The number of amides is 3. The smallest absolute Gasteiger partial charge is 0.320 e. The van der Waals surface area contributed by atoms with E-state index in [0.717, 1.165) is 45.3 Å². The van der Waals surface area contributed by atoms with Gasteiger partial charge in [0.2, 0.25) is 5.91 Å². The van der Waals surface area contributed by atoms with Gasteiger partial charge in [0.05, 0.1) is 5.92 Å². The molecular weight excluding hydrogens is 280 g/mol. The van der Waals surface area contributed by atoms with E-state index in [1.165, 1.54) is 12.8 Å². The van der Waals surface area contributed by atoms with Gasteiger partial charge in [0, 0.05) is 38.8 Å². The minimum atomic E-state index is -0.0771. The Morgan fingerprint density at radius 3 is 2.41 bits per heavy atom. The monoisotopic (exact) mass is 308 g/mol. The van der Waals surface area contributed by atoms with Crippen LogP contribution in [-0.2, 0) is 4.79 Å². The predicted molar refractivity (Wildman–Crippen MR) is 84.2 cm³/mol. The summed E-state index contributed by atoms with van der Waals surface area (Å²) < 4.78 is 0. The van der Waals surface area contributed by atoms with Gasteiger partial charge in [-0.15, -0.1) is 0 Å². The highest BCUT2D eigenvalue weighted by Gasteiger charge is 2.33. The summed E-state index contributed by atoms with van der Waals surface area (Å²) in [7, 11) is 0. The Morgan fingerprint density at radius 1 is 1.05 bits per heavy atom. The van der Waals surface area contributed by atoms with Crippen molar-refractivity contribution >= 4 is 11.9 Å². The molecule has 2 atom stereocenters. The van der Waals surface area contributed by atoms with E-state index in [1.54, 1.807) is 0 Å². The van der Waals surface area contributed by atoms with Gasteiger partial charge in [-0.3, -0.25) is 4.79 Å². The van der Waals surface area contributed by atoms with Crippen molar-refractivity contribution in [2.24, 2.45) is 17.6 Å². The molecular formula is C16H28N4O2. The molecule has 6 nitrogen and oxygen atoms in total. The summed E-state index contributed by atoms with van der Waals surface area (Å²) in [5.41, 5.74) is 6.03. The van der Waals surface area contributed by atoms with Gasteiger partial charge in [-0.1, -0.05) is 0 Å². The Balaban J connectivity index is 1.46. The molecule has 3 aliphatic rings. The number of piperidine rings is 1. The zero-order valence-electron chi connectivity index (χ0n) is 13.3. The molecule has 0 spiro atoms. The molecule has 124 valence electrons. The summed E-state index contributed by atoms with van der Waals surface area (Å²) in [6.07, 6.45) is 6.36. The van der Waals surface area contributed by atoms with Crippen LogP contribution in [0.15, 0.2) is 0 Å². The topological polar surface area (TPSA) is 78.7 Å². The van der Waals surface area contributed by atoms with Crippen molar-refractivity contribution in [1.82, 2.24) is 15.1 Å². The Morgan fingerprint density at radius 2 is 1.73 bits per heavy atom. The third-order valence-electron chi connectivity index (χ3n) is 5.18. The maximum absolute atomic E-state index is 12.4. The van der Waals surface area contributed by atoms with Gasteiger partial charge < -0.3 is 20.9 Å². The molecule has 3 N–H and O–H groups in total. The van der Waals surface area contributed by atoms with Crippen LogP contribution in [-0.4, -0.2) is 60.5 Å². The molecule has 0 aromatic heterocycles. The highest BCUT2D eigenvalue weighted by molar-refractivity contribution is 5.81. The first kappa shape index (κ1) is 15.6. The summed E-state index contributed by atoms with van der Waals surface area (Å²) in [6, 6.07) is 0.208. The van der Waals surface area contributed by atoms with E-state index in [2.05, 4.69) is 5.32 Å². The Hall–Kier alpha value is -1.30. The average Bonchev–Trinajstić information content (AvgIpc) is 3.26. The molecule has 3 rings (SSSR count). The highest BCUT2D eigenvalue weighted by atomic mass is 16.2. The molecule has 1 aliphatic carbocycles. The van der Waals surface area contributed by atoms with E-state index < -0.39 is 0 Å². The summed E-state index contributed by atoms with van der Waals surface area (Å²) >= 11 is 0. The second-order valence-electron chi connectivity index (χ2n) is 7.01. The zero-order chi connectivity index (χ0) is 15.5. The number of hydrogen-bond acceptors (Lipinski definition) is 3. The second kappa shape index (κ2) is 6.86. The number of rotatable bonds is 4. The molecule has 2 unspecified atom stereocenters. The van der Waals surface area contributed by atoms with Crippen molar-refractivity contribution in [1.29, 1.82) is 0 Å². The molecule has 3 amide bonds. The van der Waals surface area contributed by atoms with Crippen LogP contribution in [0.25, 0.3) is 0 Å². The number of urea groups is 1. The zero-order valence-corrected chi connectivity index (χ0v) is 13.3.